The number of carbonyl (C=O) groups excluding carboxylic acids is 1. The fraction of sp³-hybridized carbons (Fsp3) is 0.267. The van der Waals surface area contributed by atoms with Gasteiger partial charge in [-0.25, -0.2) is 4.79 Å². The number of ether oxygens (including phenoxy) is 1. The molecular formula is C15H16O3S2. The van der Waals surface area contributed by atoms with Gasteiger partial charge in [0.1, 0.15) is 4.88 Å². The highest BCUT2D eigenvalue weighted by atomic mass is 32.2. The van der Waals surface area contributed by atoms with Crippen LogP contribution in [0.25, 0.3) is 0 Å². The number of thioether (sulfide) groups is 1. The molecule has 5 heteroatoms. The molecule has 0 saturated carbocycles. The minimum absolute atomic E-state index is 0.0823. The second kappa shape index (κ2) is 7.47. The Hall–Kier alpha value is -1.30. The van der Waals surface area contributed by atoms with E-state index in [0.717, 1.165) is 17.1 Å². The minimum Gasteiger partial charge on any atom is -0.465 e. The topological polar surface area (TPSA) is 46.5 Å². The number of hydrogen-bond acceptors (Lipinski definition) is 5. The highest BCUT2D eigenvalue weighted by Gasteiger charge is 2.08. The Labute approximate surface area is 126 Å². The van der Waals surface area contributed by atoms with Gasteiger partial charge < -0.3 is 9.84 Å². The molecule has 1 heterocycles. The molecule has 0 unspecified atom stereocenters. The summed E-state index contributed by atoms with van der Waals surface area (Å²) < 4.78 is 4.69. The lowest BCUT2D eigenvalue weighted by molar-refractivity contribution is 0.0606. The maximum absolute atomic E-state index is 11.3. The number of benzene rings is 1. The average Bonchev–Trinajstić information content (AvgIpc) is 2.96. The fourth-order valence-electron chi connectivity index (χ4n) is 1.68. The summed E-state index contributed by atoms with van der Waals surface area (Å²) in [5, 5.41) is 8.98. The van der Waals surface area contributed by atoms with Crippen molar-refractivity contribution in [1.29, 1.82) is 0 Å². The summed E-state index contributed by atoms with van der Waals surface area (Å²) in [4.78, 5) is 13.2. The van der Waals surface area contributed by atoms with Gasteiger partial charge in [-0.1, -0.05) is 24.3 Å². The van der Waals surface area contributed by atoms with Crippen molar-refractivity contribution in [3.8, 4) is 0 Å². The summed E-state index contributed by atoms with van der Waals surface area (Å²) in [6.45, 7) is 0.0823. The maximum Gasteiger partial charge on any atom is 0.348 e. The van der Waals surface area contributed by atoms with Crippen molar-refractivity contribution >= 4 is 29.1 Å². The number of esters is 1. The number of carbonyl (C=O) groups is 1. The molecule has 0 saturated heterocycles. The molecular weight excluding hydrogens is 292 g/mol. The number of hydrogen-bond donors (Lipinski definition) is 1. The third-order valence-corrected chi connectivity index (χ3v) is 5.07. The first kappa shape index (κ1) is 15.1. The van der Waals surface area contributed by atoms with E-state index in [4.69, 9.17) is 5.11 Å². The van der Waals surface area contributed by atoms with E-state index in [1.807, 2.05) is 36.4 Å². The third kappa shape index (κ3) is 4.10. The van der Waals surface area contributed by atoms with Gasteiger partial charge in [-0.15, -0.1) is 11.3 Å². The van der Waals surface area contributed by atoms with E-state index in [-0.39, 0.29) is 12.6 Å². The summed E-state index contributed by atoms with van der Waals surface area (Å²) in [6.07, 6.45) is 0. The standard InChI is InChI=1S/C15H16O3S2/c1-18-15(17)14-7-6-13(20-14)10-19-9-12-4-2-11(8-16)3-5-12/h2-7,16H,8-10H2,1H3. The summed E-state index contributed by atoms with van der Waals surface area (Å²) >= 11 is 3.28. The number of aliphatic hydroxyl groups is 1. The second-order valence-electron chi connectivity index (χ2n) is 4.22. The van der Waals surface area contributed by atoms with Crippen LogP contribution in [0.3, 0.4) is 0 Å². The smallest absolute Gasteiger partial charge is 0.348 e. The Morgan fingerprint density at radius 3 is 2.50 bits per heavy atom. The van der Waals surface area contributed by atoms with Gasteiger partial charge in [0.05, 0.1) is 13.7 Å². The first-order chi connectivity index (χ1) is 9.72. The van der Waals surface area contributed by atoms with Crippen molar-refractivity contribution in [2.75, 3.05) is 7.11 Å². The molecule has 0 aliphatic rings. The summed E-state index contributed by atoms with van der Waals surface area (Å²) in [7, 11) is 1.40. The number of rotatable bonds is 6. The molecule has 0 aliphatic heterocycles. The van der Waals surface area contributed by atoms with Crippen LogP contribution in [0.15, 0.2) is 36.4 Å². The maximum atomic E-state index is 11.3. The molecule has 1 N–H and O–H groups in total. The fourth-order valence-corrected chi connectivity index (χ4v) is 3.71. The van der Waals surface area contributed by atoms with Crippen molar-refractivity contribution in [2.24, 2.45) is 0 Å². The van der Waals surface area contributed by atoms with Gasteiger partial charge in [0.2, 0.25) is 0 Å². The molecule has 0 bridgehead atoms. The van der Waals surface area contributed by atoms with E-state index < -0.39 is 0 Å². The monoisotopic (exact) mass is 308 g/mol. The predicted molar refractivity (Wildman–Crippen MR) is 83.0 cm³/mol. The van der Waals surface area contributed by atoms with E-state index in [9.17, 15) is 4.79 Å². The first-order valence-corrected chi connectivity index (χ1v) is 8.13. The van der Waals surface area contributed by atoms with Gasteiger partial charge in [0.15, 0.2) is 0 Å². The van der Waals surface area contributed by atoms with Crippen molar-refractivity contribution in [3.05, 3.63) is 57.3 Å². The Morgan fingerprint density at radius 2 is 1.85 bits per heavy atom. The molecule has 0 spiro atoms. The van der Waals surface area contributed by atoms with Gasteiger partial charge in [-0.05, 0) is 23.3 Å². The lowest BCUT2D eigenvalue weighted by atomic mass is 10.2. The highest BCUT2D eigenvalue weighted by Crippen LogP contribution is 2.24. The van der Waals surface area contributed by atoms with Crippen molar-refractivity contribution in [1.82, 2.24) is 0 Å². The van der Waals surface area contributed by atoms with E-state index in [0.29, 0.717) is 4.88 Å². The quantitative estimate of drug-likeness (QED) is 0.830. The predicted octanol–water partition coefficient (Wildman–Crippen LogP) is 3.46. The molecule has 1 aromatic heterocycles. The van der Waals surface area contributed by atoms with Crippen LogP contribution in [-0.4, -0.2) is 18.2 Å². The lowest BCUT2D eigenvalue weighted by Crippen LogP contribution is -1.96. The molecule has 3 nitrogen and oxygen atoms in total. The molecule has 0 radical (unpaired) electrons. The van der Waals surface area contributed by atoms with Crippen LogP contribution in [0.4, 0.5) is 0 Å². The first-order valence-electron chi connectivity index (χ1n) is 6.16. The molecule has 106 valence electrons. The van der Waals surface area contributed by atoms with Crippen LogP contribution in [0.5, 0.6) is 0 Å². The summed E-state index contributed by atoms with van der Waals surface area (Å²) in [6, 6.07) is 11.7. The summed E-state index contributed by atoms with van der Waals surface area (Å²) in [5.74, 6) is 1.52. The Balaban J connectivity index is 1.83. The number of methoxy groups -OCH3 is 1. The zero-order valence-corrected chi connectivity index (χ0v) is 12.8. The molecule has 20 heavy (non-hydrogen) atoms. The van der Waals surface area contributed by atoms with Gasteiger partial charge >= 0.3 is 5.97 Å². The van der Waals surface area contributed by atoms with Gasteiger partial charge in [0.25, 0.3) is 0 Å². The van der Waals surface area contributed by atoms with E-state index >= 15 is 0 Å². The SMILES string of the molecule is COC(=O)c1ccc(CSCc2ccc(CO)cc2)s1. The largest absolute Gasteiger partial charge is 0.465 e. The van der Waals surface area contributed by atoms with E-state index in [1.165, 1.54) is 28.9 Å². The van der Waals surface area contributed by atoms with E-state index in [2.05, 4.69) is 4.74 Å². The molecule has 2 rings (SSSR count). The second-order valence-corrected chi connectivity index (χ2v) is 6.38. The van der Waals surface area contributed by atoms with Crippen molar-refractivity contribution in [2.45, 2.75) is 18.1 Å². The average molecular weight is 308 g/mol. The normalized spacial score (nSPS) is 10.5. The molecule has 0 amide bonds. The lowest BCUT2D eigenvalue weighted by Gasteiger charge is -2.02. The van der Waals surface area contributed by atoms with Gasteiger partial charge in [0, 0.05) is 16.4 Å². The van der Waals surface area contributed by atoms with Crippen molar-refractivity contribution < 1.29 is 14.6 Å². The van der Waals surface area contributed by atoms with Crippen LogP contribution in [0.2, 0.25) is 0 Å². The van der Waals surface area contributed by atoms with Crippen LogP contribution in [0.1, 0.15) is 25.7 Å². The van der Waals surface area contributed by atoms with Crippen LogP contribution in [-0.2, 0) is 22.8 Å². The van der Waals surface area contributed by atoms with Gasteiger partial charge in [-0.2, -0.15) is 11.8 Å². The molecule has 0 aliphatic carbocycles. The Kier molecular flexibility index (Phi) is 5.64. The summed E-state index contributed by atoms with van der Waals surface area (Å²) in [5.41, 5.74) is 2.16. The third-order valence-electron chi connectivity index (χ3n) is 2.77. The highest BCUT2D eigenvalue weighted by molar-refractivity contribution is 7.97. The molecule has 2 aromatic rings. The molecule has 0 fully saturated rings. The Bertz CT molecular complexity index is 561. The van der Waals surface area contributed by atoms with Gasteiger partial charge in [-0.3, -0.25) is 0 Å². The van der Waals surface area contributed by atoms with Crippen LogP contribution < -0.4 is 0 Å². The molecule has 0 atom stereocenters. The molecule has 1 aromatic carbocycles. The zero-order chi connectivity index (χ0) is 14.4. The van der Waals surface area contributed by atoms with Crippen molar-refractivity contribution in [3.63, 3.8) is 0 Å². The Morgan fingerprint density at radius 1 is 1.15 bits per heavy atom. The van der Waals surface area contributed by atoms with Crippen LogP contribution >= 0.6 is 23.1 Å². The number of thiophene rings is 1. The van der Waals surface area contributed by atoms with Crippen LogP contribution in [0, 0.1) is 0 Å². The number of aliphatic hydroxyl groups excluding tert-OH is 1. The minimum atomic E-state index is -0.272. The zero-order valence-electron chi connectivity index (χ0n) is 11.2. The van der Waals surface area contributed by atoms with E-state index in [1.54, 1.807) is 11.8 Å².